The van der Waals surface area contributed by atoms with Crippen LogP contribution in [0, 0.1) is 6.92 Å². The summed E-state index contributed by atoms with van der Waals surface area (Å²) in [5, 5.41) is 11.1. The first kappa shape index (κ1) is 23.5. The lowest BCUT2D eigenvalue weighted by Gasteiger charge is -2.26. The minimum atomic E-state index is -0.657. The van der Waals surface area contributed by atoms with Gasteiger partial charge in [-0.3, -0.25) is 9.59 Å². The van der Waals surface area contributed by atoms with E-state index in [9.17, 15) is 14.7 Å². The van der Waals surface area contributed by atoms with Crippen molar-refractivity contribution in [2.45, 2.75) is 32.7 Å². The first-order chi connectivity index (χ1) is 15.3. The molecule has 0 spiro atoms. The van der Waals surface area contributed by atoms with Crippen molar-refractivity contribution in [2.75, 3.05) is 33.8 Å². The number of carbonyl (C=O) groups is 2. The number of likely N-dealkylation sites (tertiary alicyclic amines) is 1. The molecule has 0 bridgehead atoms. The number of benzene rings is 2. The number of hydrogen-bond acceptors (Lipinski definition) is 5. The van der Waals surface area contributed by atoms with E-state index in [0.29, 0.717) is 31.0 Å². The molecule has 1 atom stereocenters. The van der Waals surface area contributed by atoms with Crippen LogP contribution in [0.2, 0.25) is 0 Å². The topological polar surface area (TPSA) is 70.1 Å². The molecule has 1 saturated heterocycles. The van der Waals surface area contributed by atoms with Gasteiger partial charge >= 0.3 is 0 Å². The predicted molar refractivity (Wildman–Crippen MR) is 126 cm³/mol. The zero-order valence-corrected chi connectivity index (χ0v) is 19.3. The number of nitrogens with zero attached hydrogens (tertiary/aromatic N) is 2. The van der Waals surface area contributed by atoms with Crippen LogP contribution in [0.15, 0.2) is 54.1 Å². The van der Waals surface area contributed by atoms with Gasteiger partial charge in [-0.15, -0.1) is 0 Å². The number of ether oxygens (including phenoxy) is 1. The van der Waals surface area contributed by atoms with Crippen LogP contribution in [0.25, 0.3) is 5.76 Å². The summed E-state index contributed by atoms with van der Waals surface area (Å²) in [4.78, 5) is 29.4. The lowest BCUT2D eigenvalue weighted by molar-refractivity contribution is -0.140. The largest absolute Gasteiger partial charge is 0.507 e. The van der Waals surface area contributed by atoms with E-state index in [1.165, 1.54) is 0 Å². The standard InChI is InChI=1S/C26H32N2O4/c1-5-6-17-32-21-13-11-20(12-14-21)24(29)22-23(19-9-7-18(2)8-10-19)28(16-15-27(3)4)26(31)25(22)30/h7-14,23,29H,5-6,15-17H2,1-4H3/b24-22+. The molecule has 170 valence electrons. The molecule has 0 saturated carbocycles. The fourth-order valence-electron chi connectivity index (χ4n) is 3.71. The molecule has 1 unspecified atom stereocenters. The Bertz CT molecular complexity index is 978. The molecule has 32 heavy (non-hydrogen) atoms. The molecule has 0 radical (unpaired) electrons. The van der Waals surface area contributed by atoms with E-state index in [-0.39, 0.29) is 11.3 Å². The van der Waals surface area contributed by atoms with Gasteiger partial charge in [-0.25, -0.2) is 0 Å². The minimum Gasteiger partial charge on any atom is -0.507 e. The lowest BCUT2D eigenvalue weighted by Crippen LogP contribution is -2.35. The Labute approximate surface area is 190 Å². The number of rotatable bonds is 9. The van der Waals surface area contributed by atoms with Gasteiger partial charge < -0.3 is 19.6 Å². The Kier molecular flexibility index (Phi) is 7.70. The maximum atomic E-state index is 13.0. The third-order valence-electron chi connectivity index (χ3n) is 5.62. The highest BCUT2D eigenvalue weighted by Gasteiger charge is 2.45. The van der Waals surface area contributed by atoms with Crippen LogP contribution in [-0.4, -0.2) is 60.4 Å². The highest BCUT2D eigenvalue weighted by molar-refractivity contribution is 6.46. The Morgan fingerprint density at radius 3 is 2.31 bits per heavy atom. The highest BCUT2D eigenvalue weighted by atomic mass is 16.5. The predicted octanol–water partition coefficient (Wildman–Crippen LogP) is 4.16. The van der Waals surface area contributed by atoms with Crippen molar-refractivity contribution < 1.29 is 19.4 Å². The van der Waals surface area contributed by atoms with Crippen LogP contribution < -0.4 is 4.74 Å². The smallest absolute Gasteiger partial charge is 0.295 e. The van der Waals surface area contributed by atoms with Crippen molar-refractivity contribution in [3.8, 4) is 5.75 Å². The molecular weight excluding hydrogens is 404 g/mol. The molecule has 0 aliphatic carbocycles. The molecule has 1 fully saturated rings. The molecule has 2 aromatic rings. The third kappa shape index (κ3) is 5.19. The molecular formula is C26H32N2O4. The second-order valence-electron chi connectivity index (χ2n) is 8.43. The number of aryl methyl sites for hydroxylation is 1. The molecule has 0 aromatic heterocycles. The SMILES string of the molecule is CCCCOc1ccc(/C(O)=C2\C(=O)C(=O)N(CCN(C)C)C2c2ccc(C)cc2)cc1. The van der Waals surface area contributed by atoms with Crippen molar-refractivity contribution in [1.82, 2.24) is 9.80 Å². The number of likely N-dealkylation sites (N-methyl/N-ethyl adjacent to an activating group) is 1. The monoisotopic (exact) mass is 436 g/mol. The zero-order valence-electron chi connectivity index (χ0n) is 19.3. The second kappa shape index (κ2) is 10.5. The number of carbonyl (C=O) groups excluding carboxylic acids is 2. The third-order valence-corrected chi connectivity index (χ3v) is 5.62. The van der Waals surface area contributed by atoms with Crippen LogP contribution in [0.4, 0.5) is 0 Å². The van der Waals surface area contributed by atoms with Gasteiger partial charge in [0.2, 0.25) is 0 Å². The lowest BCUT2D eigenvalue weighted by atomic mass is 9.94. The number of aliphatic hydroxyl groups is 1. The average molecular weight is 437 g/mol. The van der Waals surface area contributed by atoms with Gasteiger partial charge in [0.05, 0.1) is 18.2 Å². The molecule has 6 nitrogen and oxygen atoms in total. The summed E-state index contributed by atoms with van der Waals surface area (Å²) in [6, 6.07) is 14.1. The molecule has 1 aliphatic rings. The van der Waals surface area contributed by atoms with Crippen LogP contribution in [-0.2, 0) is 9.59 Å². The molecule has 3 rings (SSSR count). The van der Waals surface area contributed by atoms with E-state index in [0.717, 1.165) is 24.0 Å². The first-order valence-corrected chi connectivity index (χ1v) is 11.1. The first-order valence-electron chi connectivity index (χ1n) is 11.1. The quantitative estimate of drug-likeness (QED) is 0.277. The van der Waals surface area contributed by atoms with Gasteiger partial charge in [-0.2, -0.15) is 0 Å². The summed E-state index contributed by atoms with van der Waals surface area (Å²) < 4.78 is 5.69. The maximum absolute atomic E-state index is 13.0. The summed E-state index contributed by atoms with van der Waals surface area (Å²) >= 11 is 0. The van der Waals surface area contributed by atoms with E-state index < -0.39 is 17.7 Å². The second-order valence-corrected chi connectivity index (χ2v) is 8.43. The maximum Gasteiger partial charge on any atom is 0.295 e. The van der Waals surface area contributed by atoms with Crippen LogP contribution in [0.3, 0.4) is 0 Å². The summed E-state index contributed by atoms with van der Waals surface area (Å²) in [6.07, 6.45) is 2.01. The number of aliphatic hydroxyl groups excluding tert-OH is 1. The Morgan fingerprint density at radius 1 is 1.06 bits per heavy atom. The average Bonchev–Trinajstić information content (AvgIpc) is 3.03. The molecule has 1 amide bonds. The Hall–Kier alpha value is -3.12. The van der Waals surface area contributed by atoms with Crippen LogP contribution in [0.5, 0.6) is 5.75 Å². The highest BCUT2D eigenvalue weighted by Crippen LogP contribution is 2.39. The zero-order chi connectivity index (χ0) is 23.3. The number of hydrogen-bond donors (Lipinski definition) is 1. The van der Waals surface area contributed by atoms with E-state index in [2.05, 4.69) is 6.92 Å². The van der Waals surface area contributed by atoms with E-state index in [1.54, 1.807) is 29.2 Å². The number of unbranched alkanes of at least 4 members (excludes halogenated alkanes) is 1. The molecule has 2 aromatic carbocycles. The summed E-state index contributed by atoms with van der Waals surface area (Å²) in [5.74, 6) is -0.702. The van der Waals surface area contributed by atoms with Gasteiger partial charge in [0.25, 0.3) is 11.7 Å². The van der Waals surface area contributed by atoms with E-state index in [4.69, 9.17) is 4.74 Å². The molecule has 6 heteroatoms. The number of amides is 1. The summed E-state index contributed by atoms with van der Waals surface area (Å²) in [7, 11) is 3.84. The summed E-state index contributed by atoms with van der Waals surface area (Å²) in [6.45, 7) is 5.71. The molecule has 1 heterocycles. The number of ketones is 1. The van der Waals surface area contributed by atoms with Gasteiger partial charge in [0.15, 0.2) is 0 Å². The normalized spacial score (nSPS) is 17.9. The van der Waals surface area contributed by atoms with Crippen molar-refractivity contribution in [2.24, 2.45) is 0 Å². The minimum absolute atomic E-state index is 0.122. The van der Waals surface area contributed by atoms with Gasteiger partial charge in [0, 0.05) is 18.7 Å². The van der Waals surface area contributed by atoms with Gasteiger partial charge in [-0.1, -0.05) is 43.2 Å². The number of Topliss-reactive ketones (excluding diaryl/α,β-unsaturated/α-hetero) is 1. The van der Waals surface area contributed by atoms with Gasteiger partial charge in [-0.05, 0) is 57.3 Å². The Morgan fingerprint density at radius 2 is 1.72 bits per heavy atom. The van der Waals surface area contributed by atoms with Crippen molar-refractivity contribution >= 4 is 17.4 Å². The van der Waals surface area contributed by atoms with Crippen molar-refractivity contribution in [3.05, 3.63) is 70.8 Å². The summed E-state index contributed by atoms with van der Waals surface area (Å²) in [5.41, 5.74) is 2.49. The fraction of sp³-hybridized carbons (Fsp3) is 0.385. The van der Waals surface area contributed by atoms with Gasteiger partial charge in [0.1, 0.15) is 11.5 Å². The van der Waals surface area contributed by atoms with E-state index in [1.807, 2.05) is 50.2 Å². The molecule has 1 N–H and O–H groups in total. The Balaban J connectivity index is 2.00. The van der Waals surface area contributed by atoms with Crippen LogP contribution >= 0.6 is 0 Å². The molecule has 1 aliphatic heterocycles. The van der Waals surface area contributed by atoms with Crippen molar-refractivity contribution in [3.63, 3.8) is 0 Å². The fourth-order valence-corrected chi connectivity index (χ4v) is 3.71. The van der Waals surface area contributed by atoms with Crippen LogP contribution in [0.1, 0.15) is 42.5 Å². The van der Waals surface area contributed by atoms with Crippen molar-refractivity contribution in [1.29, 1.82) is 0 Å². The van der Waals surface area contributed by atoms with E-state index >= 15 is 0 Å².